The Bertz CT molecular complexity index is 1170. The summed E-state index contributed by atoms with van der Waals surface area (Å²) in [5, 5.41) is 12.2. The molecule has 0 atom stereocenters. The second-order valence-electron chi connectivity index (χ2n) is 10.6. The van der Waals surface area contributed by atoms with Crippen LogP contribution in [0.5, 0.6) is 0 Å². The topological polar surface area (TPSA) is 50.2 Å². The van der Waals surface area contributed by atoms with E-state index in [4.69, 9.17) is 0 Å². The van der Waals surface area contributed by atoms with Crippen molar-refractivity contribution < 1.29 is 30.0 Å². The summed E-state index contributed by atoms with van der Waals surface area (Å²) in [6.07, 6.45) is 6.77. The van der Waals surface area contributed by atoms with E-state index < -0.39 is 0 Å². The first-order valence-electron chi connectivity index (χ1n) is 13.4. The van der Waals surface area contributed by atoms with E-state index in [2.05, 4.69) is 75.1 Å². The Kier molecular flexibility index (Phi) is 13.4. The van der Waals surface area contributed by atoms with E-state index in [1.54, 1.807) is 0 Å². The molecule has 0 fully saturated rings. The molecule has 0 saturated carbocycles. The number of aromatic nitrogens is 1. The van der Waals surface area contributed by atoms with Gasteiger partial charge in [-0.2, -0.15) is 0 Å². The maximum Gasteiger partial charge on any atom is 0.162 e. The third-order valence-electron chi connectivity index (χ3n) is 6.86. The monoisotopic (exact) mass is 679 g/mol. The largest absolute Gasteiger partial charge is 0.512 e. The van der Waals surface area contributed by atoms with Crippen molar-refractivity contribution in [1.82, 2.24) is 4.98 Å². The summed E-state index contributed by atoms with van der Waals surface area (Å²) in [5.41, 5.74) is 4.72. The van der Waals surface area contributed by atoms with Crippen molar-refractivity contribution >= 4 is 16.6 Å². The Morgan fingerprint density at radius 2 is 1.57 bits per heavy atom. The number of carbonyl (C=O) groups is 1. The number of fused-ring (bicyclic) bond motifs is 1. The van der Waals surface area contributed by atoms with Gasteiger partial charge in [0.25, 0.3) is 0 Å². The molecule has 4 heteroatoms. The first-order chi connectivity index (χ1) is 17.0. The summed E-state index contributed by atoms with van der Waals surface area (Å²) in [7, 11) is 0. The zero-order chi connectivity index (χ0) is 26.9. The van der Waals surface area contributed by atoms with Gasteiger partial charge in [0.15, 0.2) is 5.78 Å². The smallest absolute Gasteiger partial charge is 0.162 e. The Morgan fingerprint density at radius 1 is 0.973 bits per heavy atom. The molecule has 1 N–H and O–H groups in total. The van der Waals surface area contributed by atoms with Crippen molar-refractivity contribution in [3.63, 3.8) is 0 Å². The average Bonchev–Trinajstić information content (AvgIpc) is 2.84. The van der Waals surface area contributed by atoms with Crippen LogP contribution in [0.1, 0.15) is 85.3 Å². The van der Waals surface area contributed by atoms with Gasteiger partial charge >= 0.3 is 0 Å². The van der Waals surface area contributed by atoms with Gasteiger partial charge < -0.3 is 5.11 Å². The molecule has 0 spiro atoms. The van der Waals surface area contributed by atoms with Gasteiger partial charge in [-0.05, 0) is 44.1 Å². The number of aliphatic hydroxyl groups is 1. The average molecular weight is 679 g/mol. The van der Waals surface area contributed by atoms with Gasteiger partial charge in [0, 0.05) is 49.9 Å². The van der Waals surface area contributed by atoms with Crippen molar-refractivity contribution in [3.05, 3.63) is 77.7 Å². The molecule has 203 valence electrons. The summed E-state index contributed by atoms with van der Waals surface area (Å²) in [6, 6.07) is 18.4. The Labute approximate surface area is 238 Å². The summed E-state index contributed by atoms with van der Waals surface area (Å²) in [4.78, 5) is 16.2. The first kappa shape index (κ1) is 32.7. The molecule has 0 amide bonds. The van der Waals surface area contributed by atoms with Gasteiger partial charge in [-0.1, -0.05) is 89.2 Å². The summed E-state index contributed by atoms with van der Waals surface area (Å²) >= 11 is 0. The summed E-state index contributed by atoms with van der Waals surface area (Å²) in [6.45, 7) is 16.9. The van der Waals surface area contributed by atoms with Crippen LogP contribution < -0.4 is 0 Å². The zero-order valence-corrected chi connectivity index (χ0v) is 26.2. The van der Waals surface area contributed by atoms with E-state index in [1.165, 1.54) is 22.6 Å². The molecule has 3 aromatic rings. The van der Waals surface area contributed by atoms with Crippen molar-refractivity contribution in [2.45, 2.75) is 86.5 Å². The summed E-state index contributed by atoms with van der Waals surface area (Å²) < 4.78 is 0. The van der Waals surface area contributed by atoms with Crippen LogP contribution in [0, 0.1) is 24.8 Å². The number of pyridine rings is 1. The number of rotatable bonds is 8. The van der Waals surface area contributed by atoms with Gasteiger partial charge in [0.1, 0.15) is 0 Å². The maximum atomic E-state index is 11.7. The molecule has 0 saturated heterocycles. The van der Waals surface area contributed by atoms with Crippen LogP contribution in [-0.2, 0) is 30.3 Å². The molecular weight excluding hydrogens is 635 g/mol. The molecule has 1 heterocycles. The molecule has 1 radical (unpaired) electrons. The normalized spacial score (nSPS) is 11.8. The minimum atomic E-state index is 0. The maximum absolute atomic E-state index is 11.7. The SMILES string of the molecule is CCC(CC)C(=O)/C=C(\O)C(CC)CC.Cc1ccnc(-c2[c-]c3ccccc3c(C(C)(C)C)c2)c1.[Ir]. The number of carbonyl (C=O) groups excluding carboxylic acids is 1. The van der Waals surface area contributed by atoms with E-state index in [0.29, 0.717) is 0 Å². The second kappa shape index (κ2) is 15.2. The molecule has 3 nitrogen and oxygen atoms in total. The minimum absolute atomic E-state index is 0. The number of ketones is 1. The first-order valence-corrected chi connectivity index (χ1v) is 13.4. The van der Waals surface area contributed by atoms with E-state index in [9.17, 15) is 9.90 Å². The van der Waals surface area contributed by atoms with Crippen LogP contribution >= 0.6 is 0 Å². The number of aryl methyl sites for hydroxylation is 1. The van der Waals surface area contributed by atoms with Gasteiger partial charge in [-0.3, -0.25) is 9.78 Å². The molecule has 0 aliphatic rings. The van der Waals surface area contributed by atoms with Crippen LogP contribution in [0.2, 0.25) is 0 Å². The van der Waals surface area contributed by atoms with Crippen LogP contribution in [-0.4, -0.2) is 15.9 Å². The van der Waals surface area contributed by atoms with Gasteiger partial charge in [0.05, 0.1) is 5.76 Å². The Balaban J connectivity index is 0.000000384. The number of aliphatic hydroxyl groups excluding tert-OH is 1. The molecule has 3 rings (SSSR count). The van der Waals surface area contributed by atoms with E-state index in [0.717, 1.165) is 42.3 Å². The quantitative estimate of drug-likeness (QED) is 0.147. The zero-order valence-electron chi connectivity index (χ0n) is 23.8. The molecular formula is C33H44IrNO2-. The molecule has 0 bridgehead atoms. The molecule has 0 aliphatic carbocycles. The minimum Gasteiger partial charge on any atom is -0.512 e. The number of nitrogens with zero attached hydrogens (tertiary/aromatic N) is 1. The second-order valence-corrected chi connectivity index (χ2v) is 10.6. The van der Waals surface area contributed by atoms with Crippen LogP contribution in [0.25, 0.3) is 22.0 Å². The third kappa shape index (κ3) is 9.20. The van der Waals surface area contributed by atoms with Gasteiger partial charge in [-0.15, -0.1) is 29.1 Å². The standard InChI is InChI=1S/C20H20N.C13H24O2.Ir/c1-14-9-10-21-19(11-14)16-12-15-7-5-6-8-17(15)18(13-16)20(2,3)4;1-5-10(6-2)12(14)9-13(15)11(7-3)8-4;/h5-11,13H,1-4H3;9-11,14H,5-8H2,1-4H3;/q-1;;/b;12-9-;. The van der Waals surface area contributed by atoms with Crippen LogP contribution in [0.15, 0.2) is 60.5 Å². The number of allylic oxidation sites excluding steroid dienone is 2. The third-order valence-corrected chi connectivity index (χ3v) is 6.86. The fourth-order valence-electron chi connectivity index (χ4n) is 4.45. The van der Waals surface area contributed by atoms with E-state index in [-0.39, 0.29) is 48.9 Å². The number of hydrogen-bond donors (Lipinski definition) is 1. The predicted octanol–water partition coefficient (Wildman–Crippen LogP) is 9.18. The van der Waals surface area contributed by atoms with Crippen molar-refractivity contribution in [1.29, 1.82) is 0 Å². The van der Waals surface area contributed by atoms with Crippen molar-refractivity contribution in [3.8, 4) is 11.3 Å². The Morgan fingerprint density at radius 3 is 2.11 bits per heavy atom. The Hall–Kier alpha value is -2.29. The fourth-order valence-corrected chi connectivity index (χ4v) is 4.45. The molecule has 37 heavy (non-hydrogen) atoms. The molecule has 2 aromatic carbocycles. The molecule has 1 aromatic heterocycles. The fraction of sp³-hybridized carbons (Fsp3) is 0.455. The molecule has 0 aliphatic heterocycles. The van der Waals surface area contributed by atoms with Crippen LogP contribution in [0.3, 0.4) is 0 Å². The van der Waals surface area contributed by atoms with Gasteiger partial charge in [0.2, 0.25) is 0 Å². The van der Waals surface area contributed by atoms with Crippen molar-refractivity contribution in [2.24, 2.45) is 11.8 Å². The molecule has 0 unspecified atom stereocenters. The number of benzene rings is 2. The van der Waals surface area contributed by atoms with Crippen molar-refractivity contribution in [2.75, 3.05) is 0 Å². The van der Waals surface area contributed by atoms with Gasteiger partial charge in [-0.25, -0.2) is 0 Å². The van der Waals surface area contributed by atoms with E-state index in [1.807, 2.05) is 40.0 Å². The predicted molar refractivity (Wildman–Crippen MR) is 153 cm³/mol. The number of hydrogen-bond acceptors (Lipinski definition) is 3. The van der Waals surface area contributed by atoms with Crippen LogP contribution in [0.4, 0.5) is 0 Å². The summed E-state index contributed by atoms with van der Waals surface area (Å²) in [5.74, 6) is 0.547. The van der Waals surface area contributed by atoms with E-state index >= 15 is 0 Å².